The first kappa shape index (κ1) is 25.2. The maximum atomic E-state index is 6.70. The number of unbranched alkanes of at least 4 members (excludes halogenated alkanes) is 2. The molecule has 0 aliphatic rings. The lowest BCUT2D eigenvalue weighted by Crippen LogP contribution is -2.47. The lowest BCUT2D eigenvalue weighted by molar-refractivity contribution is 0.262. The van der Waals surface area contributed by atoms with Crippen LogP contribution >= 0.6 is 0 Å². The van der Waals surface area contributed by atoms with Crippen LogP contribution in [0, 0.1) is 5.41 Å². The van der Waals surface area contributed by atoms with Crippen molar-refractivity contribution in [2.24, 2.45) is 5.41 Å². The summed E-state index contributed by atoms with van der Waals surface area (Å²) >= 11 is 0. The van der Waals surface area contributed by atoms with Gasteiger partial charge in [-0.15, -0.1) is 6.58 Å². The van der Waals surface area contributed by atoms with Gasteiger partial charge in [0.25, 0.3) is 0 Å². The number of aryl methyl sites for hydroxylation is 1. The molecule has 1 unspecified atom stereocenters. The predicted octanol–water partition coefficient (Wildman–Crippen LogP) is 8.56. The van der Waals surface area contributed by atoms with E-state index in [0.29, 0.717) is 16.6 Å². The van der Waals surface area contributed by atoms with E-state index in [1.54, 1.807) is 0 Å². The second kappa shape index (κ2) is 12.0. The molecule has 0 bridgehead atoms. The van der Waals surface area contributed by atoms with Crippen LogP contribution in [0.4, 0.5) is 0 Å². The normalized spacial score (nSPS) is 14.6. The highest BCUT2D eigenvalue weighted by Gasteiger charge is 2.44. The average molecular weight is 403 g/mol. The first-order chi connectivity index (χ1) is 13.2. The third kappa shape index (κ3) is 7.19. The topological polar surface area (TPSA) is 9.23 Å². The standard InChI is InChI=1S/C26H46OSi/c1-9-26(8,20-18-25-16-12-10-13-17-25)19-14-11-15-21-27-28(22(2)3,23(4)5)24(6)7/h9-10,12-13,16-17,22-24H,1,11,14-15,18-21H2,2-8H3. The summed E-state index contributed by atoms with van der Waals surface area (Å²) in [6, 6.07) is 10.8. The van der Waals surface area contributed by atoms with E-state index in [1.165, 1.54) is 37.7 Å². The van der Waals surface area contributed by atoms with Gasteiger partial charge in [-0.05, 0) is 53.3 Å². The van der Waals surface area contributed by atoms with Crippen molar-refractivity contribution >= 4 is 8.32 Å². The molecule has 28 heavy (non-hydrogen) atoms. The molecule has 0 heterocycles. The Labute approximate surface area is 177 Å². The molecule has 0 aliphatic carbocycles. The summed E-state index contributed by atoms with van der Waals surface area (Å²) in [6.45, 7) is 21.7. The van der Waals surface area contributed by atoms with Crippen LogP contribution < -0.4 is 0 Å². The number of hydrogen-bond donors (Lipinski definition) is 0. The summed E-state index contributed by atoms with van der Waals surface area (Å²) in [5.74, 6) is 0. The molecule has 0 spiro atoms. The minimum atomic E-state index is -1.70. The van der Waals surface area contributed by atoms with Gasteiger partial charge in [0.15, 0.2) is 8.32 Å². The fourth-order valence-corrected chi connectivity index (χ4v) is 10.5. The summed E-state index contributed by atoms with van der Waals surface area (Å²) < 4.78 is 6.70. The molecule has 1 aromatic rings. The highest BCUT2D eigenvalue weighted by molar-refractivity contribution is 6.77. The Morgan fingerprint density at radius 2 is 1.46 bits per heavy atom. The van der Waals surface area contributed by atoms with Crippen LogP contribution in [0.15, 0.2) is 43.0 Å². The number of rotatable bonds is 14. The van der Waals surface area contributed by atoms with Crippen LogP contribution in [0.5, 0.6) is 0 Å². The van der Waals surface area contributed by atoms with Gasteiger partial charge in [-0.2, -0.15) is 0 Å². The van der Waals surface area contributed by atoms with E-state index < -0.39 is 8.32 Å². The van der Waals surface area contributed by atoms with E-state index >= 15 is 0 Å². The number of allylic oxidation sites excluding steroid dienone is 1. The molecular formula is C26H46OSi. The second-order valence-corrected chi connectivity index (χ2v) is 15.3. The summed E-state index contributed by atoms with van der Waals surface area (Å²) in [5, 5.41) is 0. The molecule has 0 aromatic heterocycles. The van der Waals surface area contributed by atoms with Crippen LogP contribution in [-0.2, 0) is 10.8 Å². The maximum Gasteiger partial charge on any atom is 0.200 e. The zero-order valence-electron chi connectivity index (χ0n) is 19.8. The molecule has 1 nitrogen and oxygen atoms in total. The largest absolute Gasteiger partial charge is 0.416 e. The van der Waals surface area contributed by atoms with Gasteiger partial charge in [0, 0.05) is 6.61 Å². The van der Waals surface area contributed by atoms with Gasteiger partial charge in [0.2, 0.25) is 0 Å². The molecule has 0 radical (unpaired) electrons. The molecule has 0 N–H and O–H groups in total. The van der Waals surface area contributed by atoms with Crippen molar-refractivity contribution < 1.29 is 4.43 Å². The Bertz CT molecular complexity index is 527. The molecule has 1 rings (SSSR count). The first-order valence-corrected chi connectivity index (χ1v) is 13.6. The molecule has 0 fully saturated rings. The van der Waals surface area contributed by atoms with Gasteiger partial charge in [-0.3, -0.25) is 0 Å². The van der Waals surface area contributed by atoms with Crippen molar-refractivity contribution in [3.05, 3.63) is 48.6 Å². The van der Waals surface area contributed by atoms with E-state index in [4.69, 9.17) is 4.43 Å². The summed E-state index contributed by atoms with van der Waals surface area (Å²) in [6.07, 6.45) is 9.44. The second-order valence-electron chi connectivity index (χ2n) is 9.82. The van der Waals surface area contributed by atoms with Gasteiger partial charge in [-0.1, -0.05) is 97.7 Å². The van der Waals surface area contributed by atoms with E-state index in [0.717, 1.165) is 13.0 Å². The zero-order valence-corrected chi connectivity index (χ0v) is 20.8. The first-order valence-electron chi connectivity index (χ1n) is 11.5. The zero-order chi connectivity index (χ0) is 21.2. The fraction of sp³-hybridized carbons (Fsp3) is 0.692. The van der Waals surface area contributed by atoms with E-state index in [9.17, 15) is 0 Å². The highest BCUT2D eigenvalue weighted by atomic mass is 28.4. The molecule has 0 saturated heterocycles. The van der Waals surface area contributed by atoms with Gasteiger partial charge in [0.1, 0.15) is 0 Å². The van der Waals surface area contributed by atoms with E-state index in [1.807, 2.05) is 0 Å². The summed E-state index contributed by atoms with van der Waals surface area (Å²) in [7, 11) is -1.70. The smallest absolute Gasteiger partial charge is 0.200 e. The van der Waals surface area contributed by atoms with Crippen molar-refractivity contribution in [2.75, 3.05) is 6.61 Å². The van der Waals surface area contributed by atoms with Crippen molar-refractivity contribution in [2.45, 2.75) is 104 Å². The van der Waals surface area contributed by atoms with Crippen molar-refractivity contribution in [3.63, 3.8) is 0 Å². The van der Waals surface area contributed by atoms with E-state index in [2.05, 4.69) is 91.5 Å². The van der Waals surface area contributed by atoms with Gasteiger partial charge in [0.05, 0.1) is 0 Å². The van der Waals surface area contributed by atoms with Crippen LogP contribution in [-0.4, -0.2) is 14.9 Å². The van der Waals surface area contributed by atoms with Gasteiger partial charge >= 0.3 is 0 Å². The molecule has 0 amide bonds. The lowest BCUT2D eigenvalue weighted by atomic mass is 9.79. The van der Waals surface area contributed by atoms with Crippen LogP contribution in [0.25, 0.3) is 0 Å². The fourth-order valence-electron chi connectivity index (χ4n) is 4.96. The Kier molecular flexibility index (Phi) is 10.8. The molecule has 0 saturated carbocycles. The third-order valence-corrected chi connectivity index (χ3v) is 12.9. The van der Waals surface area contributed by atoms with Crippen LogP contribution in [0.2, 0.25) is 16.6 Å². The predicted molar refractivity (Wildman–Crippen MR) is 129 cm³/mol. The summed E-state index contributed by atoms with van der Waals surface area (Å²) in [4.78, 5) is 0. The molecular weight excluding hydrogens is 356 g/mol. The molecule has 0 aliphatic heterocycles. The highest BCUT2D eigenvalue weighted by Crippen LogP contribution is 2.42. The Balaban J connectivity index is 2.40. The average Bonchev–Trinajstić information content (AvgIpc) is 2.65. The lowest BCUT2D eigenvalue weighted by Gasteiger charge is -2.42. The Morgan fingerprint density at radius 1 is 0.893 bits per heavy atom. The van der Waals surface area contributed by atoms with Crippen LogP contribution in [0.3, 0.4) is 0 Å². The van der Waals surface area contributed by atoms with E-state index in [-0.39, 0.29) is 5.41 Å². The summed E-state index contributed by atoms with van der Waals surface area (Å²) in [5.41, 5.74) is 3.70. The minimum absolute atomic E-state index is 0.239. The van der Waals surface area contributed by atoms with Crippen molar-refractivity contribution in [1.82, 2.24) is 0 Å². The van der Waals surface area contributed by atoms with Crippen molar-refractivity contribution in [3.8, 4) is 0 Å². The van der Waals surface area contributed by atoms with Crippen LogP contribution in [0.1, 0.15) is 86.1 Å². The minimum Gasteiger partial charge on any atom is -0.416 e. The maximum absolute atomic E-state index is 6.70. The molecule has 1 aromatic carbocycles. The Morgan fingerprint density at radius 3 is 1.96 bits per heavy atom. The third-order valence-electron chi connectivity index (χ3n) is 6.77. The molecule has 160 valence electrons. The van der Waals surface area contributed by atoms with Gasteiger partial charge in [-0.25, -0.2) is 0 Å². The number of benzene rings is 1. The Hall–Kier alpha value is -0.863. The quantitative estimate of drug-likeness (QED) is 0.172. The molecule has 2 heteroatoms. The van der Waals surface area contributed by atoms with Crippen molar-refractivity contribution in [1.29, 1.82) is 0 Å². The number of hydrogen-bond acceptors (Lipinski definition) is 1. The molecule has 1 atom stereocenters. The van der Waals surface area contributed by atoms with Gasteiger partial charge < -0.3 is 4.43 Å². The SMILES string of the molecule is C=CC(C)(CCCCCO[Si](C(C)C)(C(C)C)C(C)C)CCc1ccccc1. The monoisotopic (exact) mass is 402 g/mol.